The van der Waals surface area contributed by atoms with E-state index < -0.39 is 18.1 Å². The summed E-state index contributed by atoms with van der Waals surface area (Å²) in [4.78, 5) is 10.5. The molecular weight excluding hydrogens is 186 g/mol. The van der Waals surface area contributed by atoms with Gasteiger partial charge in [-0.25, -0.2) is 0 Å². The van der Waals surface area contributed by atoms with Crippen LogP contribution in [0.2, 0.25) is 0 Å². The smallest absolute Gasteiger partial charge is 0.323 e. The van der Waals surface area contributed by atoms with Gasteiger partial charge in [-0.3, -0.25) is 4.79 Å². The molecule has 5 heteroatoms. The first-order valence-electron chi connectivity index (χ1n) is 4.87. The van der Waals surface area contributed by atoms with E-state index in [4.69, 9.17) is 10.8 Å². The maximum atomic E-state index is 10.5. The first-order chi connectivity index (χ1) is 6.52. The Balaban J connectivity index is 2.45. The summed E-state index contributed by atoms with van der Waals surface area (Å²) in [6.45, 7) is 0. The van der Waals surface area contributed by atoms with E-state index in [2.05, 4.69) is 0 Å². The van der Waals surface area contributed by atoms with E-state index >= 15 is 0 Å². The first-order valence-corrected chi connectivity index (χ1v) is 4.87. The molecule has 1 aliphatic rings. The predicted octanol–water partition coefficient (Wildman–Crippen LogP) is -0.690. The lowest BCUT2D eigenvalue weighted by Crippen LogP contribution is -2.46. The highest BCUT2D eigenvalue weighted by molar-refractivity contribution is 5.73. The van der Waals surface area contributed by atoms with Gasteiger partial charge in [0.05, 0.1) is 12.2 Å². The maximum Gasteiger partial charge on any atom is 0.323 e. The third-order valence-electron chi connectivity index (χ3n) is 2.88. The van der Waals surface area contributed by atoms with E-state index in [9.17, 15) is 15.0 Å². The van der Waals surface area contributed by atoms with Gasteiger partial charge in [0.25, 0.3) is 0 Å². The Morgan fingerprint density at radius 3 is 2.21 bits per heavy atom. The fraction of sp³-hybridized carbons (Fsp3) is 0.889. The van der Waals surface area contributed by atoms with Gasteiger partial charge < -0.3 is 21.1 Å². The Morgan fingerprint density at radius 2 is 1.79 bits per heavy atom. The number of nitrogens with two attached hydrogens (primary N) is 1. The lowest BCUT2D eigenvalue weighted by atomic mass is 9.81. The Morgan fingerprint density at radius 1 is 1.29 bits per heavy atom. The molecular formula is C9H17NO4. The third kappa shape index (κ3) is 2.67. The van der Waals surface area contributed by atoms with Crippen LogP contribution >= 0.6 is 0 Å². The second kappa shape index (κ2) is 4.72. The molecule has 0 amide bonds. The Hall–Kier alpha value is -0.650. The fourth-order valence-electron chi connectivity index (χ4n) is 1.88. The molecule has 0 aromatic rings. The number of aliphatic hydroxyl groups is 2. The average Bonchev–Trinajstić information content (AvgIpc) is 2.16. The van der Waals surface area contributed by atoms with E-state index in [-0.39, 0.29) is 12.0 Å². The van der Waals surface area contributed by atoms with Gasteiger partial charge in [-0.15, -0.1) is 0 Å². The minimum Gasteiger partial charge on any atom is -0.480 e. The number of aliphatic hydroxyl groups excluding tert-OH is 2. The molecule has 0 bridgehead atoms. The Labute approximate surface area is 82.5 Å². The summed E-state index contributed by atoms with van der Waals surface area (Å²) >= 11 is 0. The Bertz CT molecular complexity index is 201. The highest BCUT2D eigenvalue weighted by Crippen LogP contribution is 2.27. The normalized spacial score (nSPS) is 32.2. The number of carboxylic acids is 1. The zero-order valence-corrected chi connectivity index (χ0v) is 7.97. The summed E-state index contributed by atoms with van der Waals surface area (Å²) in [5.41, 5.74) is 5.31. The lowest BCUT2D eigenvalue weighted by Gasteiger charge is -2.30. The van der Waals surface area contributed by atoms with Crippen LogP contribution in [0.1, 0.15) is 25.7 Å². The minimum atomic E-state index is -1.21. The zero-order valence-electron chi connectivity index (χ0n) is 7.97. The number of carboxylic acid groups (broad SMARTS) is 1. The predicted molar refractivity (Wildman–Crippen MR) is 49.6 cm³/mol. The van der Waals surface area contributed by atoms with Crippen molar-refractivity contribution in [3.63, 3.8) is 0 Å². The van der Waals surface area contributed by atoms with Crippen molar-refractivity contribution in [2.24, 2.45) is 11.7 Å². The standard InChI is InChI=1S/C9H17NO4/c10-7(9(13)14)8(12)5-1-3-6(11)4-2-5/h5-8,11-12H,1-4,10H2,(H,13,14)/t5?,6?,7-,8-/m1/s1. The highest BCUT2D eigenvalue weighted by atomic mass is 16.4. The van der Waals surface area contributed by atoms with Gasteiger partial charge in [0.1, 0.15) is 6.04 Å². The van der Waals surface area contributed by atoms with Gasteiger partial charge >= 0.3 is 5.97 Å². The van der Waals surface area contributed by atoms with Crippen molar-refractivity contribution in [2.75, 3.05) is 0 Å². The molecule has 0 heterocycles. The van der Waals surface area contributed by atoms with Crippen LogP contribution in [0.25, 0.3) is 0 Å². The van der Waals surface area contributed by atoms with E-state index in [1.165, 1.54) is 0 Å². The summed E-state index contributed by atoms with van der Waals surface area (Å²) in [7, 11) is 0. The Kier molecular flexibility index (Phi) is 3.86. The van der Waals surface area contributed by atoms with Crippen molar-refractivity contribution in [1.82, 2.24) is 0 Å². The van der Waals surface area contributed by atoms with E-state index in [0.717, 1.165) is 0 Å². The molecule has 5 N–H and O–H groups in total. The van der Waals surface area contributed by atoms with Crippen LogP contribution in [0.5, 0.6) is 0 Å². The second-order valence-electron chi connectivity index (χ2n) is 3.92. The summed E-state index contributed by atoms with van der Waals surface area (Å²) in [6.07, 6.45) is 1.22. The molecule has 5 nitrogen and oxygen atoms in total. The van der Waals surface area contributed by atoms with Crippen LogP contribution < -0.4 is 5.73 Å². The van der Waals surface area contributed by atoms with Gasteiger partial charge in [0.2, 0.25) is 0 Å². The SMILES string of the molecule is N[C@@H](C(=O)O)[C@H](O)C1CCC(O)CC1. The fourth-order valence-corrected chi connectivity index (χ4v) is 1.88. The molecule has 0 radical (unpaired) electrons. The van der Waals surface area contributed by atoms with Crippen molar-refractivity contribution in [3.8, 4) is 0 Å². The molecule has 0 unspecified atom stereocenters. The lowest BCUT2D eigenvalue weighted by molar-refractivity contribution is -0.142. The first kappa shape index (κ1) is 11.4. The minimum absolute atomic E-state index is 0.0931. The van der Waals surface area contributed by atoms with Gasteiger partial charge in [0, 0.05) is 0 Å². The van der Waals surface area contributed by atoms with Crippen LogP contribution in [0.3, 0.4) is 0 Å². The third-order valence-corrected chi connectivity index (χ3v) is 2.88. The van der Waals surface area contributed by atoms with Crippen molar-refractivity contribution in [2.45, 2.75) is 43.9 Å². The van der Waals surface area contributed by atoms with Crippen LogP contribution in [0.15, 0.2) is 0 Å². The van der Waals surface area contributed by atoms with Gasteiger partial charge in [-0.2, -0.15) is 0 Å². The summed E-state index contributed by atoms with van der Waals surface area (Å²) in [6, 6.07) is -1.21. The summed E-state index contributed by atoms with van der Waals surface area (Å²) in [5, 5.41) is 27.4. The van der Waals surface area contributed by atoms with E-state index in [1.807, 2.05) is 0 Å². The van der Waals surface area contributed by atoms with Crippen LogP contribution in [-0.2, 0) is 4.79 Å². The molecule has 0 aromatic heterocycles. The topological polar surface area (TPSA) is 104 Å². The number of hydrogen-bond acceptors (Lipinski definition) is 4. The summed E-state index contributed by atoms with van der Waals surface area (Å²) in [5.74, 6) is -1.27. The number of aliphatic carboxylic acids is 1. The van der Waals surface area contributed by atoms with Gasteiger partial charge in [-0.05, 0) is 31.6 Å². The maximum absolute atomic E-state index is 10.5. The monoisotopic (exact) mass is 203 g/mol. The molecule has 0 spiro atoms. The molecule has 14 heavy (non-hydrogen) atoms. The van der Waals surface area contributed by atoms with Crippen molar-refractivity contribution in [1.29, 1.82) is 0 Å². The van der Waals surface area contributed by atoms with Crippen molar-refractivity contribution >= 4 is 5.97 Å². The molecule has 82 valence electrons. The van der Waals surface area contributed by atoms with Crippen LogP contribution in [0, 0.1) is 5.92 Å². The molecule has 2 atom stereocenters. The molecule has 1 saturated carbocycles. The second-order valence-corrected chi connectivity index (χ2v) is 3.92. The van der Waals surface area contributed by atoms with E-state index in [0.29, 0.717) is 25.7 Å². The molecule has 1 aliphatic carbocycles. The van der Waals surface area contributed by atoms with Crippen LogP contribution in [-0.4, -0.2) is 39.5 Å². The number of carbonyl (C=O) groups is 1. The molecule has 0 aromatic carbocycles. The van der Waals surface area contributed by atoms with E-state index in [1.54, 1.807) is 0 Å². The molecule has 1 fully saturated rings. The molecule has 0 aliphatic heterocycles. The zero-order chi connectivity index (χ0) is 10.7. The van der Waals surface area contributed by atoms with Gasteiger partial charge in [0.15, 0.2) is 0 Å². The quantitative estimate of drug-likeness (QED) is 0.486. The number of hydrogen-bond donors (Lipinski definition) is 4. The van der Waals surface area contributed by atoms with Crippen molar-refractivity contribution in [3.05, 3.63) is 0 Å². The largest absolute Gasteiger partial charge is 0.480 e. The van der Waals surface area contributed by atoms with Gasteiger partial charge in [-0.1, -0.05) is 0 Å². The molecule has 0 saturated heterocycles. The molecule has 1 rings (SSSR count). The van der Waals surface area contributed by atoms with Crippen LogP contribution in [0.4, 0.5) is 0 Å². The summed E-state index contributed by atoms with van der Waals surface area (Å²) < 4.78 is 0. The van der Waals surface area contributed by atoms with Crippen molar-refractivity contribution < 1.29 is 20.1 Å². The number of rotatable bonds is 3. The highest BCUT2D eigenvalue weighted by Gasteiger charge is 2.32. The average molecular weight is 203 g/mol.